The fourth-order valence-corrected chi connectivity index (χ4v) is 2.91. The maximum atomic E-state index is 4.63. The van der Waals surface area contributed by atoms with Crippen LogP contribution in [-0.4, -0.2) is 24.7 Å². The maximum Gasteiger partial charge on any atom is 0.163 e. The molecule has 1 N–H and O–H groups in total. The number of hydrogen-bond acceptors (Lipinski definition) is 5. The number of anilines is 1. The fourth-order valence-electron chi connectivity index (χ4n) is 2.91. The lowest BCUT2D eigenvalue weighted by molar-refractivity contribution is 0.768. The first kappa shape index (κ1) is 16.9. The van der Waals surface area contributed by atoms with Crippen LogP contribution in [0.15, 0.2) is 67.3 Å². The molecule has 0 saturated carbocycles. The number of nitrogens with one attached hydrogen (secondary N) is 1. The molecule has 0 atom stereocenters. The number of benzene rings is 1. The van der Waals surface area contributed by atoms with Gasteiger partial charge in [0.25, 0.3) is 0 Å². The van der Waals surface area contributed by atoms with Gasteiger partial charge >= 0.3 is 0 Å². The van der Waals surface area contributed by atoms with Gasteiger partial charge < -0.3 is 5.32 Å². The van der Waals surface area contributed by atoms with Crippen LogP contribution in [0.25, 0.3) is 22.5 Å². The summed E-state index contributed by atoms with van der Waals surface area (Å²) >= 11 is 0. The van der Waals surface area contributed by atoms with E-state index in [4.69, 9.17) is 0 Å². The minimum absolute atomic E-state index is 0.676. The first-order chi connectivity index (χ1) is 13.2. The standard InChI is InChI=1S/C21H20N6/c1-15-9-20(26-21(25-15)18-7-4-8-22-12-18)23-11-16-5-3-6-17(10-16)19-13-24-27(2)14-19/h3-10,12-14H,11H2,1-2H3,(H,23,25,26). The Hall–Kier alpha value is -3.54. The number of rotatable bonds is 5. The Balaban J connectivity index is 1.53. The molecular weight excluding hydrogens is 336 g/mol. The summed E-state index contributed by atoms with van der Waals surface area (Å²) in [5.74, 6) is 1.47. The topological polar surface area (TPSA) is 68.5 Å². The lowest BCUT2D eigenvalue weighted by atomic mass is 10.1. The van der Waals surface area contributed by atoms with Crippen LogP contribution < -0.4 is 5.32 Å². The average Bonchev–Trinajstić information content (AvgIpc) is 3.13. The monoisotopic (exact) mass is 356 g/mol. The van der Waals surface area contributed by atoms with Crippen molar-refractivity contribution in [3.8, 4) is 22.5 Å². The van der Waals surface area contributed by atoms with Gasteiger partial charge in [0.15, 0.2) is 5.82 Å². The Morgan fingerprint density at radius 3 is 2.63 bits per heavy atom. The molecule has 0 saturated heterocycles. The molecule has 0 unspecified atom stereocenters. The molecule has 1 aromatic carbocycles. The number of aryl methyl sites for hydroxylation is 2. The molecule has 3 aromatic heterocycles. The van der Waals surface area contributed by atoms with Crippen molar-refractivity contribution in [2.75, 3.05) is 5.32 Å². The number of pyridine rings is 1. The molecule has 0 aliphatic heterocycles. The smallest absolute Gasteiger partial charge is 0.163 e. The lowest BCUT2D eigenvalue weighted by Gasteiger charge is -2.09. The number of aromatic nitrogens is 5. The summed E-state index contributed by atoms with van der Waals surface area (Å²) in [5.41, 5.74) is 5.25. The van der Waals surface area contributed by atoms with Crippen molar-refractivity contribution in [3.05, 3.63) is 78.5 Å². The molecule has 0 radical (unpaired) electrons. The summed E-state index contributed by atoms with van der Waals surface area (Å²) in [4.78, 5) is 13.3. The van der Waals surface area contributed by atoms with Gasteiger partial charge in [-0.3, -0.25) is 9.67 Å². The second-order valence-corrected chi connectivity index (χ2v) is 6.42. The summed E-state index contributed by atoms with van der Waals surface area (Å²) in [7, 11) is 1.92. The largest absolute Gasteiger partial charge is 0.366 e. The van der Waals surface area contributed by atoms with E-state index in [1.54, 1.807) is 12.4 Å². The number of nitrogens with zero attached hydrogens (tertiary/aromatic N) is 5. The van der Waals surface area contributed by atoms with E-state index in [0.29, 0.717) is 12.4 Å². The highest BCUT2D eigenvalue weighted by Gasteiger charge is 2.06. The molecule has 0 fully saturated rings. The van der Waals surface area contributed by atoms with E-state index in [1.807, 2.05) is 49.2 Å². The minimum atomic E-state index is 0.676. The van der Waals surface area contributed by atoms with Gasteiger partial charge in [-0.1, -0.05) is 18.2 Å². The fraction of sp³-hybridized carbons (Fsp3) is 0.143. The van der Waals surface area contributed by atoms with Crippen molar-refractivity contribution in [2.45, 2.75) is 13.5 Å². The highest BCUT2D eigenvalue weighted by Crippen LogP contribution is 2.21. The number of hydrogen-bond donors (Lipinski definition) is 1. The molecule has 0 spiro atoms. The van der Waals surface area contributed by atoms with Crippen molar-refractivity contribution in [2.24, 2.45) is 7.05 Å². The lowest BCUT2D eigenvalue weighted by Crippen LogP contribution is -2.04. The average molecular weight is 356 g/mol. The Labute approximate surface area is 158 Å². The molecule has 134 valence electrons. The van der Waals surface area contributed by atoms with Crippen molar-refractivity contribution in [1.29, 1.82) is 0 Å². The second-order valence-electron chi connectivity index (χ2n) is 6.42. The normalized spacial score (nSPS) is 10.7. The van der Waals surface area contributed by atoms with E-state index >= 15 is 0 Å². The van der Waals surface area contributed by atoms with Gasteiger partial charge in [-0.15, -0.1) is 0 Å². The SMILES string of the molecule is Cc1cc(NCc2cccc(-c3cnn(C)c3)c2)nc(-c2cccnc2)n1. The predicted molar refractivity (Wildman–Crippen MR) is 106 cm³/mol. The van der Waals surface area contributed by atoms with Crippen LogP contribution in [0.1, 0.15) is 11.3 Å². The van der Waals surface area contributed by atoms with Crippen LogP contribution in [-0.2, 0) is 13.6 Å². The van der Waals surface area contributed by atoms with E-state index in [0.717, 1.165) is 28.2 Å². The van der Waals surface area contributed by atoms with E-state index < -0.39 is 0 Å². The second kappa shape index (κ2) is 7.37. The van der Waals surface area contributed by atoms with E-state index in [1.165, 1.54) is 5.56 Å². The van der Waals surface area contributed by atoms with Crippen LogP contribution in [0.2, 0.25) is 0 Å². The molecule has 4 aromatic rings. The quantitative estimate of drug-likeness (QED) is 0.588. The van der Waals surface area contributed by atoms with Crippen LogP contribution >= 0.6 is 0 Å². The Kier molecular flexibility index (Phi) is 4.61. The van der Waals surface area contributed by atoms with E-state index in [9.17, 15) is 0 Å². The third-order valence-electron chi connectivity index (χ3n) is 4.21. The van der Waals surface area contributed by atoms with Gasteiger partial charge in [0.1, 0.15) is 5.82 Å². The molecule has 0 aliphatic rings. The summed E-state index contributed by atoms with van der Waals surface area (Å²) in [6.07, 6.45) is 7.41. The molecule has 4 rings (SSSR count). The van der Waals surface area contributed by atoms with Crippen LogP contribution in [0, 0.1) is 6.92 Å². The van der Waals surface area contributed by atoms with Crippen LogP contribution in [0.3, 0.4) is 0 Å². The van der Waals surface area contributed by atoms with Gasteiger partial charge in [0, 0.05) is 55.1 Å². The van der Waals surface area contributed by atoms with Crippen molar-refractivity contribution in [3.63, 3.8) is 0 Å². The van der Waals surface area contributed by atoms with Gasteiger partial charge in [-0.25, -0.2) is 9.97 Å². The zero-order valence-corrected chi connectivity index (χ0v) is 15.3. The zero-order chi connectivity index (χ0) is 18.6. The van der Waals surface area contributed by atoms with Crippen LogP contribution in [0.5, 0.6) is 0 Å². The van der Waals surface area contributed by atoms with Crippen molar-refractivity contribution in [1.82, 2.24) is 24.7 Å². The summed E-state index contributed by atoms with van der Waals surface area (Å²) in [6.45, 7) is 2.65. The van der Waals surface area contributed by atoms with Crippen molar-refractivity contribution >= 4 is 5.82 Å². The summed E-state index contributed by atoms with van der Waals surface area (Å²) in [6, 6.07) is 14.2. The molecule has 27 heavy (non-hydrogen) atoms. The Bertz CT molecular complexity index is 1060. The molecule has 3 heterocycles. The van der Waals surface area contributed by atoms with E-state index in [-0.39, 0.29) is 0 Å². The Morgan fingerprint density at radius 1 is 0.963 bits per heavy atom. The summed E-state index contributed by atoms with van der Waals surface area (Å²) in [5, 5.41) is 7.65. The first-order valence-corrected chi connectivity index (χ1v) is 8.75. The molecular formula is C21H20N6. The van der Waals surface area contributed by atoms with E-state index in [2.05, 4.69) is 49.6 Å². The minimum Gasteiger partial charge on any atom is -0.366 e. The van der Waals surface area contributed by atoms with Gasteiger partial charge in [0.2, 0.25) is 0 Å². The predicted octanol–water partition coefficient (Wildman–Crippen LogP) is 3.86. The first-order valence-electron chi connectivity index (χ1n) is 8.75. The highest BCUT2D eigenvalue weighted by molar-refractivity contribution is 5.62. The van der Waals surface area contributed by atoms with Gasteiger partial charge in [-0.2, -0.15) is 5.10 Å². The highest BCUT2D eigenvalue weighted by atomic mass is 15.2. The summed E-state index contributed by atoms with van der Waals surface area (Å²) < 4.78 is 1.81. The zero-order valence-electron chi connectivity index (χ0n) is 15.3. The molecule has 0 bridgehead atoms. The maximum absolute atomic E-state index is 4.63. The van der Waals surface area contributed by atoms with Gasteiger partial charge in [-0.05, 0) is 36.2 Å². The third kappa shape index (κ3) is 4.00. The molecule has 0 amide bonds. The molecule has 6 nitrogen and oxygen atoms in total. The molecule has 6 heteroatoms. The molecule has 0 aliphatic carbocycles. The Morgan fingerprint density at radius 2 is 1.85 bits per heavy atom. The third-order valence-corrected chi connectivity index (χ3v) is 4.21. The van der Waals surface area contributed by atoms with Gasteiger partial charge in [0.05, 0.1) is 6.20 Å². The van der Waals surface area contributed by atoms with Crippen LogP contribution in [0.4, 0.5) is 5.82 Å². The van der Waals surface area contributed by atoms with Crippen molar-refractivity contribution < 1.29 is 0 Å².